The van der Waals surface area contributed by atoms with Gasteiger partial charge in [-0.25, -0.2) is 8.42 Å². The monoisotopic (exact) mass is 357 g/mol. The zero-order chi connectivity index (χ0) is 14.6. The van der Waals surface area contributed by atoms with Crippen molar-refractivity contribution in [1.82, 2.24) is 5.32 Å². The summed E-state index contributed by atoms with van der Waals surface area (Å²) in [5.41, 5.74) is 0. The van der Waals surface area contributed by atoms with E-state index in [4.69, 9.17) is 4.42 Å². The van der Waals surface area contributed by atoms with Gasteiger partial charge in [-0.05, 0) is 43.3 Å². The molecule has 4 nitrogen and oxygen atoms in total. The minimum atomic E-state index is -3.31. The summed E-state index contributed by atoms with van der Waals surface area (Å²) >= 11 is 3.30. The molecular weight excluding hydrogens is 342 g/mol. The largest absolute Gasteiger partial charge is 0.468 e. The first-order valence-electron chi connectivity index (χ1n) is 6.22. The molecule has 0 aliphatic carbocycles. The summed E-state index contributed by atoms with van der Waals surface area (Å²) in [6.45, 7) is 2.60. The van der Waals surface area contributed by atoms with E-state index >= 15 is 0 Å². The quantitative estimate of drug-likeness (QED) is 0.863. The van der Waals surface area contributed by atoms with Crippen molar-refractivity contribution in [3.05, 3.63) is 52.9 Å². The lowest BCUT2D eigenvalue weighted by Crippen LogP contribution is -2.30. The molecule has 0 saturated heterocycles. The van der Waals surface area contributed by atoms with E-state index < -0.39 is 15.1 Å². The number of hydrogen-bond donors (Lipinski definition) is 1. The Morgan fingerprint density at radius 3 is 2.55 bits per heavy atom. The van der Waals surface area contributed by atoms with Crippen LogP contribution in [0.1, 0.15) is 12.7 Å². The average Bonchev–Trinajstić information content (AvgIpc) is 2.92. The first-order valence-corrected chi connectivity index (χ1v) is 8.56. The lowest BCUT2D eigenvalue weighted by Gasteiger charge is -2.13. The number of halogens is 1. The van der Waals surface area contributed by atoms with E-state index in [1.165, 1.54) is 0 Å². The summed E-state index contributed by atoms with van der Waals surface area (Å²) in [6, 6.07) is 10.3. The number of sulfone groups is 1. The second-order valence-corrected chi connectivity index (χ2v) is 7.80. The van der Waals surface area contributed by atoms with E-state index in [1.807, 2.05) is 6.07 Å². The maximum atomic E-state index is 12.4. The molecule has 2 aromatic rings. The molecule has 0 amide bonds. The number of rotatable bonds is 6. The first-order chi connectivity index (χ1) is 9.50. The van der Waals surface area contributed by atoms with Crippen molar-refractivity contribution >= 4 is 25.8 Å². The zero-order valence-electron chi connectivity index (χ0n) is 11.0. The van der Waals surface area contributed by atoms with E-state index in [0.29, 0.717) is 18.0 Å². The number of furan rings is 1. The minimum Gasteiger partial charge on any atom is -0.468 e. The molecule has 1 heterocycles. The number of nitrogens with one attached hydrogen (secondary N) is 1. The molecule has 108 valence electrons. The van der Waals surface area contributed by atoms with Gasteiger partial charge in [0, 0.05) is 11.0 Å². The minimum absolute atomic E-state index is 0.341. The van der Waals surface area contributed by atoms with Crippen molar-refractivity contribution in [2.75, 3.05) is 6.54 Å². The van der Waals surface area contributed by atoms with Crippen molar-refractivity contribution in [2.45, 2.75) is 23.6 Å². The summed E-state index contributed by atoms with van der Waals surface area (Å²) in [4.78, 5) is 0.341. The SMILES string of the molecule is CC(CNCc1ccco1)S(=O)(=O)c1ccc(Br)cc1. The van der Waals surface area contributed by atoms with Gasteiger partial charge in [-0.1, -0.05) is 15.9 Å². The molecule has 0 spiro atoms. The van der Waals surface area contributed by atoms with Gasteiger partial charge in [0.05, 0.1) is 23.0 Å². The Morgan fingerprint density at radius 1 is 1.25 bits per heavy atom. The molecule has 0 fully saturated rings. The van der Waals surface area contributed by atoms with Crippen molar-refractivity contribution in [3.8, 4) is 0 Å². The molecule has 0 aliphatic rings. The van der Waals surface area contributed by atoms with Crippen LogP contribution in [0.3, 0.4) is 0 Å². The second kappa shape index (κ2) is 6.56. The van der Waals surface area contributed by atoms with E-state index in [0.717, 1.165) is 10.2 Å². The fourth-order valence-electron chi connectivity index (χ4n) is 1.78. The molecule has 6 heteroatoms. The highest BCUT2D eigenvalue weighted by atomic mass is 79.9. The summed E-state index contributed by atoms with van der Waals surface area (Å²) in [5.74, 6) is 0.790. The van der Waals surface area contributed by atoms with Crippen LogP contribution in [0, 0.1) is 0 Å². The van der Waals surface area contributed by atoms with Crippen LogP contribution < -0.4 is 5.32 Å². The van der Waals surface area contributed by atoms with Crippen LogP contribution in [0.4, 0.5) is 0 Å². The molecule has 2 rings (SSSR count). The van der Waals surface area contributed by atoms with Crippen LogP contribution in [-0.2, 0) is 16.4 Å². The highest BCUT2D eigenvalue weighted by molar-refractivity contribution is 9.10. The van der Waals surface area contributed by atoms with Crippen molar-refractivity contribution in [2.24, 2.45) is 0 Å². The standard InChI is InChI=1S/C14H16BrNO3S/c1-11(9-16-10-13-3-2-8-19-13)20(17,18)14-6-4-12(15)5-7-14/h2-8,11,16H,9-10H2,1H3. The van der Waals surface area contributed by atoms with Crippen LogP contribution >= 0.6 is 15.9 Å². The normalized spacial score (nSPS) is 13.3. The molecule has 1 unspecified atom stereocenters. The molecule has 1 N–H and O–H groups in total. The average molecular weight is 358 g/mol. The first kappa shape index (κ1) is 15.3. The summed E-state index contributed by atoms with van der Waals surface area (Å²) in [6.07, 6.45) is 1.60. The molecule has 0 saturated carbocycles. The van der Waals surface area contributed by atoms with Gasteiger partial charge in [0.25, 0.3) is 0 Å². The highest BCUT2D eigenvalue weighted by Crippen LogP contribution is 2.18. The van der Waals surface area contributed by atoms with E-state index in [9.17, 15) is 8.42 Å². The molecular formula is C14H16BrNO3S. The van der Waals surface area contributed by atoms with Crippen LogP contribution in [0.2, 0.25) is 0 Å². The molecule has 20 heavy (non-hydrogen) atoms. The van der Waals surface area contributed by atoms with Crippen molar-refractivity contribution < 1.29 is 12.8 Å². The lowest BCUT2D eigenvalue weighted by molar-refractivity contribution is 0.481. The summed E-state index contributed by atoms with van der Waals surface area (Å²) in [5, 5.41) is 2.59. The Balaban J connectivity index is 1.96. The Hall–Kier alpha value is -1.11. The smallest absolute Gasteiger partial charge is 0.182 e. The molecule has 1 atom stereocenters. The Bertz CT molecular complexity index is 636. The molecule has 0 radical (unpaired) electrons. The third-order valence-electron chi connectivity index (χ3n) is 2.98. The van der Waals surface area contributed by atoms with Gasteiger partial charge < -0.3 is 9.73 Å². The third-order valence-corrected chi connectivity index (χ3v) is 5.67. The fraction of sp³-hybridized carbons (Fsp3) is 0.286. The van der Waals surface area contributed by atoms with Gasteiger partial charge in [0.1, 0.15) is 5.76 Å². The molecule has 0 aliphatic heterocycles. The van der Waals surface area contributed by atoms with Crippen molar-refractivity contribution in [1.29, 1.82) is 0 Å². The Labute approximate surface area is 127 Å². The van der Waals surface area contributed by atoms with Crippen LogP contribution in [0.5, 0.6) is 0 Å². The lowest BCUT2D eigenvalue weighted by atomic mass is 10.4. The number of benzene rings is 1. The Morgan fingerprint density at radius 2 is 1.95 bits per heavy atom. The maximum Gasteiger partial charge on any atom is 0.182 e. The summed E-state index contributed by atoms with van der Waals surface area (Å²) < 4.78 is 30.8. The van der Waals surface area contributed by atoms with Gasteiger partial charge in [0.2, 0.25) is 0 Å². The molecule has 0 bridgehead atoms. The third kappa shape index (κ3) is 3.71. The van der Waals surface area contributed by atoms with E-state index in [-0.39, 0.29) is 0 Å². The van der Waals surface area contributed by atoms with E-state index in [2.05, 4.69) is 21.2 Å². The number of hydrogen-bond acceptors (Lipinski definition) is 4. The van der Waals surface area contributed by atoms with Gasteiger partial charge >= 0.3 is 0 Å². The topological polar surface area (TPSA) is 59.3 Å². The second-order valence-electron chi connectivity index (χ2n) is 4.52. The summed E-state index contributed by atoms with van der Waals surface area (Å²) in [7, 11) is -3.31. The maximum absolute atomic E-state index is 12.4. The molecule has 1 aromatic heterocycles. The van der Waals surface area contributed by atoms with Crippen molar-refractivity contribution in [3.63, 3.8) is 0 Å². The van der Waals surface area contributed by atoms with Gasteiger partial charge in [-0.2, -0.15) is 0 Å². The van der Waals surface area contributed by atoms with Crippen LogP contribution in [0.15, 0.2) is 56.4 Å². The van der Waals surface area contributed by atoms with E-state index in [1.54, 1.807) is 43.5 Å². The Kier molecular flexibility index (Phi) is 5.01. The van der Waals surface area contributed by atoms with Gasteiger partial charge in [-0.15, -0.1) is 0 Å². The van der Waals surface area contributed by atoms with Gasteiger partial charge in [-0.3, -0.25) is 0 Å². The predicted molar refractivity (Wildman–Crippen MR) is 81.2 cm³/mol. The highest BCUT2D eigenvalue weighted by Gasteiger charge is 2.22. The predicted octanol–water partition coefficient (Wildman–Crippen LogP) is 2.99. The van der Waals surface area contributed by atoms with Crippen LogP contribution in [0.25, 0.3) is 0 Å². The van der Waals surface area contributed by atoms with Gasteiger partial charge in [0.15, 0.2) is 9.84 Å². The van der Waals surface area contributed by atoms with Crippen LogP contribution in [-0.4, -0.2) is 20.2 Å². The zero-order valence-corrected chi connectivity index (χ0v) is 13.4. The fourth-order valence-corrected chi connectivity index (χ4v) is 3.36. The molecule has 1 aromatic carbocycles.